The molecule has 0 unspecified atom stereocenters. The highest BCUT2D eigenvalue weighted by Gasteiger charge is 2.41. The predicted molar refractivity (Wildman–Crippen MR) is 48.2 cm³/mol. The van der Waals surface area contributed by atoms with E-state index in [0.29, 0.717) is 19.3 Å². The Labute approximate surface area is 78.5 Å². The van der Waals surface area contributed by atoms with E-state index < -0.39 is 0 Å². The van der Waals surface area contributed by atoms with Gasteiger partial charge < -0.3 is 9.53 Å². The normalized spacial score (nSPS) is 25.8. The van der Waals surface area contributed by atoms with E-state index in [4.69, 9.17) is 4.74 Å². The van der Waals surface area contributed by atoms with Gasteiger partial charge in [0.25, 0.3) is 0 Å². The van der Waals surface area contributed by atoms with Gasteiger partial charge in [-0.25, -0.2) is 0 Å². The lowest BCUT2D eigenvalue weighted by Gasteiger charge is -2.22. The van der Waals surface area contributed by atoms with Crippen LogP contribution in [0.2, 0.25) is 0 Å². The van der Waals surface area contributed by atoms with Crippen molar-refractivity contribution >= 4 is 11.8 Å². The minimum Gasteiger partial charge on any atom is -0.462 e. The Hall–Kier alpha value is -0.860. The number of carbonyl (C=O) groups is 2. The van der Waals surface area contributed by atoms with Gasteiger partial charge in [0.05, 0.1) is 6.42 Å². The van der Waals surface area contributed by atoms with Gasteiger partial charge in [0.1, 0.15) is 11.9 Å². The summed E-state index contributed by atoms with van der Waals surface area (Å²) < 4.78 is 5.14. The van der Waals surface area contributed by atoms with Crippen LogP contribution in [0.5, 0.6) is 0 Å². The second kappa shape index (κ2) is 3.48. The SMILES string of the molecule is CC(=O)CC[C@@H]1OC(=O)CC1(C)C. The minimum absolute atomic E-state index is 0.0797. The maximum Gasteiger partial charge on any atom is 0.306 e. The van der Waals surface area contributed by atoms with E-state index >= 15 is 0 Å². The zero-order chi connectivity index (χ0) is 10.1. The average molecular weight is 184 g/mol. The largest absolute Gasteiger partial charge is 0.462 e. The maximum atomic E-state index is 11.0. The molecular formula is C10H16O3. The zero-order valence-corrected chi connectivity index (χ0v) is 8.42. The summed E-state index contributed by atoms with van der Waals surface area (Å²) in [4.78, 5) is 21.8. The van der Waals surface area contributed by atoms with Gasteiger partial charge in [0.15, 0.2) is 0 Å². The Kier molecular flexibility index (Phi) is 2.74. The van der Waals surface area contributed by atoms with Gasteiger partial charge in [-0.05, 0) is 13.3 Å². The number of ether oxygens (including phenoxy) is 1. The van der Waals surface area contributed by atoms with E-state index in [1.807, 2.05) is 13.8 Å². The van der Waals surface area contributed by atoms with E-state index in [1.54, 1.807) is 6.92 Å². The molecule has 0 amide bonds. The molecule has 74 valence electrons. The van der Waals surface area contributed by atoms with Crippen molar-refractivity contribution in [1.82, 2.24) is 0 Å². The van der Waals surface area contributed by atoms with Crippen LogP contribution in [0.1, 0.15) is 40.0 Å². The van der Waals surface area contributed by atoms with Crippen molar-refractivity contribution in [3.63, 3.8) is 0 Å². The molecular weight excluding hydrogens is 168 g/mol. The van der Waals surface area contributed by atoms with E-state index in [0.717, 1.165) is 0 Å². The van der Waals surface area contributed by atoms with Gasteiger partial charge in [-0.2, -0.15) is 0 Å². The molecule has 0 aromatic rings. The van der Waals surface area contributed by atoms with Crippen LogP contribution in [0.25, 0.3) is 0 Å². The highest BCUT2D eigenvalue weighted by atomic mass is 16.6. The van der Waals surface area contributed by atoms with Crippen LogP contribution < -0.4 is 0 Å². The molecule has 1 fully saturated rings. The molecule has 0 spiro atoms. The van der Waals surface area contributed by atoms with Gasteiger partial charge in [-0.15, -0.1) is 0 Å². The van der Waals surface area contributed by atoms with Crippen molar-refractivity contribution in [2.24, 2.45) is 5.41 Å². The first-order valence-electron chi connectivity index (χ1n) is 4.61. The molecule has 1 aliphatic rings. The van der Waals surface area contributed by atoms with Gasteiger partial charge in [0, 0.05) is 11.8 Å². The number of cyclic esters (lactones) is 1. The van der Waals surface area contributed by atoms with Crippen LogP contribution in [0.15, 0.2) is 0 Å². The molecule has 3 heteroatoms. The molecule has 1 atom stereocenters. The van der Waals surface area contributed by atoms with E-state index in [2.05, 4.69) is 0 Å². The fraction of sp³-hybridized carbons (Fsp3) is 0.800. The number of hydrogen-bond donors (Lipinski definition) is 0. The first-order chi connectivity index (χ1) is 5.92. The third-order valence-electron chi connectivity index (χ3n) is 2.50. The monoisotopic (exact) mass is 184 g/mol. The number of esters is 1. The molecule has 1 rings (SSSR count). The molecule has 0 bridgehead atoms. The fourth-order valence-electron chi connectivity index (χ4n) is 1.63. The Morgan fingerprint density at radius 1 is 1.62 bits per heavy atom. The van der Waals surface area contributed by atoms with Gasteiger partial charge in [0.2, 0.25) is 0 Å². The van der Waals surface area contributed by atoms with E-state index in [1.165, 1.54) is 0 Å². The molecule has 0 radical (unpaired) electrons. The van der Waals surface area contributed by atoms with Crippen molar-refractivity contribution in [2.45, 2.75) is 46.1 Å². The lowest BCUT2D eigenvalue weighted by molar-refractivity contribution is -0.142. The fourth-order valence-corrected chi connectivity index (χ4v) is 1.63. The van der Waals surface area contributed by atoms with Crippen LogP contribution in [-0.2, 0) is 14.3 Å². The lowest BCUT2D eigenvalue weighted by atomic mass is 9.83. The minimum atomic E-state index is -0.140. The highest BCUT2D eigenvalue weighted by molar-refractivity contribution is 5.76. The molecule has 0 aliphatic carbocycles. The molecule has 13 heavy (non-hydrogen) atoms. The number of rotatable bonds is 3. The topological polar surface area (TPSA) is 43.4 Å². The summed E-state index contributed by atoms with van der Waals surface area (Å²) in [6.07, 6.45) is 1.55. The second-order valence-corrected chi connectivity index (χ2v) is 4.38. The lowest BCUT2D eigenvalue weighted by Crippen LogP contribution is -2.24. The quantitative estimate of drug-likeness (QED) is 0.627. The zero-order valence-electron chi connectivity index (χ0n) is 8.42. The molecule has 1 aliphatic heterocycles. The summed E-state index contributed by atoms with van der Waals surface area (Å²) in [7, 11) is 0. The molecule has 0 aromatic carbocycles. The highest BCUT2D eigenvalue weighted by Crippen LogP contribution is 2.36. The third-order valence-corrected chi connectivity index (χ3v) is 2.50. The van der Waals surface area contributed by atoms with Gasteiger partial charge in [-0.1, -0.05) is 13.8 Å². The van der Waals surface area contributed by atoms with Gasteiger partial charge >= 0.3 is 5.97 Å². The standard InChI is InChI=1S/C10H16O3/c1-7(11)4-5-8-10(2,3)6-9(12)13-8/h8H,4-6H2,1-3H3/t8-/m0/s1. The second-order valence-electron chi connectivity index (χ2n) is 4.38. The predicted octanol–water partition coefficient (Wildman–Crippen LogP) is 1.70. The molecule has 0 saturated carbocycles. The van der Waals surface area contributed by atoms with E-state index in [9.17, 15) is 9.59 Å². The summed E-state index contributed by atoms with van der Waals surface area (Å²) in [6, 6.07) is 0. The Bertz CT molecular complexity index is 230. The molecule has 0 N–H and O–H groups in total. The Balaban J connectivity index is 2.50. The van der Waals surface area contributed by atoms with Crippen LogP contribution >= 0.6 is 0 Å². The van der Waals surface area contributed by atoms with Gasteiger partial charge in [-0.3, -0.25) is 4.79 Å². The molecule has 0 aromatic heterocycles. The number of hydrogen-bond acceptors (Lipinski definition) is 3. The van der Waals surface area contributed by atoms with Crippen molar-refractivity contribution < 1.29 is 14.3 Å². The van der Waals surface area contributed by atoms with Crippen molar-refractivity contribution in [2.75, 3.05) is 0 Å². The van der Waals surface area contributed by atoms with Crippen LogP contribution in [0, 0.1) is 5.41 Å². The molecule has 3 nitrogen and oxygen atoms in total. The number of carbonyl (C=O) groups excluding carboxylic acids is 2. The smallest absolute Gasteiger partial charge is 0.306 e. The van der Waals surface area contributed by atoms with Crippen molar-refractivity contribution in [3.8, 4) is 0 Å². The summed E-state index contributed by atoms with van der Waals surface area (Å²) in [5, 5.41) is 0. The number of Topliss-reactive ketones (excluding diaryl/α,β-unsaturated/α-hetero) is 1. The Morgan fingerprint density at radius 2 is 2.23 bits per heavy atom. The van der Waals surface area contributed by atoms with Crippen LogP contribution in [-0.4, -0.2) is 17.9 Å². The molecule has 1 saturated heterocycles. The first-order valence-corrected chi connectivity index (χ1v) is 4.61. The third kappa shape index (κ3) is 2.54. The van der Waals surface area contributed by atoms with Crippen LogP contribution in [0.4, 0.5) is 0 Å². The number of ketones is 1. The van der Waals surface area contributed by atoms with Crippen molar-refractivity contribution in [1.29, 1.82) is 0 Å². The summed E-state index contributed by atoms with van der Waals surface area (Å²) in [5.41, 5.74) is -0.105. The summed E-state index contributed by atoms with van der Waals surface area (Å²) in [6.45, 7) is 5.56. The summed E-state index contributed by atoms with van der Waals surface area (Å²) >= 11 is 0. The van der Waals surface area contributed by atoms with Crippen LogP contribution in [0.3, 0.4) is 0 Å². The Morgan fingerprint density at radius 3 is 2.62 bits per heavy atom. The maximum absolute atomic E-state index is 11.0. The first kappa shape index (κ1) is 10.2. The average Bonchev–Trinajstić information content (AvgIpc) is 2.19. The summed E-state index contributed by atoms with van der Waals surface area (Å²) in [5.74, 6) is 0.0114. The van der Waals surface area contributed by atoms with E-state index in [-0.39, 0.29) is 23.3 Å². The van der Waals surface area contributed by atoms with Crippen molar-refractivity contribution in [3.05, 3.63) is 0 Å². The molecule has 1 heterocycles.